The van der Waals surface area contributed by atoms with Gasteiger partial charge in [0, 0.05) is 6.42 Å². The minimum Gasteiger partial charge on any atom is -0.421 e. The molecule has 0 amide bonds. The zero-order valence-electron chi connectivity index (χ0n) is 8.99. The second kappa shape index (κ2) is 5.01. The van der Waals surface area contributed by atoms with Crippen molar-refractivity contribution in [3.05, 3.63) is 35.7 Å². The lowest BCUT2D eigenvalue weighted by molar-refractivity contribution is 0.494. The van der Waals surface area contributed by atoms with Gasteiger partial charge in [0.15, 0.2) is 0 Å². The van der Waals surface area contributed by atoms with Crippen molar-refractivity contribution in [1.82, 2.24) is 10.2 Å². The smallest absolute Gasteiger partial charge is 0.250 e. The molecule has 1 aromatic heterocycles. The van der Waals surface area contributed by atoms with Gasteiger partial charge in [-0.1, -0.05) is 0 Å². The molecule has 1 aromatic carbocycles. The molecule has 6 heteroatoms. The number of benzene rings is 1. The van der Waals surface area contributed by atoms with Crippen LogP contribution in [0.5, 0.6) is 0 Å². The molecule has 1 heterocycles. The summed E-state index contributed by atoms with van der Waals surface area (Å²) in [5.41, 5.74) is 5.31. The Hall–Kier alpha value is -1.82. The van der Waals surface area contributed by atoms with Crippen LogP contribution >= 0.6 is 0 Å². The van der Waals surface area contributed by atoms with Gasteiger partial charge in [-0.25, -0.2) is 8.78 Å². The Morgan fingerprint density at radius 2 is 2.06 bits per heavy atom. The normalized spacial score (nSPS) is 10.8. The van der Waals surface area contributed by atoms with Crippen molar-refractivity contribution in [2.45, 2.75) is 12.8 Å². The summed E-state index contributed by atoms with van der Waals surface area (Å²) in [4.78, 5) is 0. The number of nitrogens with zero attached hydrogens (tertiary/aromatic N) is 2. The van der Waals surface area contributed by atoms with Crippen molar-refractivity contribution < 1.29 is 13.2 Å². The van der Waals surface area contributed by atoms with Gasteiger partial charge in [0.2, 0.25) is 5.89 Å². The fraction of sp³-hybridized carbons (Fsp3) is 0.273. The molecule has 2 aromatic rings. The molecular weight excluding hydrogens is 228 g/mol. The number of halogens is 2. The summed E-state index contributed by atoms with van der Waals surface area (Å²) < 4.78 is 31.6. The Bertz CT molecular complexity index is 513. The lowest BCUT2D eigenvalue weighted by atomic mass is 10.2. The fourth-order valence-corrected chi connectivity index (χ4v) is 1.38. The molecule has 0 fully saturated rings. The summed E-state index contributed by atoms with van der Waals surface area (Å²) in [6.45, 7) is 0.506. The molecule has 0 saturated carbocycles. The van der Waals surface area contributed by atoms with Gasteiger partial charge in [0.1, 0.15) is 11.6 Å². The summed E-state index contributed by atoms with van der Waals surface area (Å²) in [5, 5.41) is 7.42. The molecule has 2 N–H and O–H groups in total. The maximum absolute atomic E-state index is 13.4. The lowest BCUT2D eigenvalue weighted by Crippen LogP contribution is -2.00. The third-order valence-electron chi connectivity index (χ3n) is 2.22. The van der Waals surface area contributed by atoms with Crippen molar-refractivity contribution in [3.63, 3.8) is 0 Å². The maximum Gasteiger partial charge on any atom is 0.250 e. The van der Waals surface area contributed by atoms with Crippen LogP contribution in [0.4, 0.5) is 8.78 Å². The molecule has 17 heavy (non-hydrogen) atoms. The number of rotatable bonds is 4. The largest absolute Gasteiger partial charge is 0.421 e. The van der Waals surface area contributed by atoms with Crippen LogP contribution in [0.1, 0.15) is 12.3 Å². The molecule has 0 aliphatic rings. The third-order valence-corrected chi connectivity index (χ3v) is 2.22. The van der Waals surface area contributed by atoms with Gasteiger partial charge in [-0.15, -0.1) is 10.2 Å². The monoisotopic (exact) mass is 239 g/mol. The zero-order chi connectivity index (χ0) is 12.3. The van der Waals surface area contributed by atoms with E-state index in [4.69, 9.17) is 10.2 Å². The average molecular weight is 239 g/mol. The van der Waals surface area contributed by atoms with Crippen LogP contribution in [0.2, 0.25) is 0 Å². The van der Waals surface area contributed by atoms with E-state index < -0.39 is 11.6 Å². The highest BCUT2D eigenvalue weighted by Gasteiger charge is 2.13. The standard InChI is InChI=1S/C11H11F2N3O/c12-7-3-4-9(13)8(6-7)11-16-15-10(17-11)2-1-5-14/h3-4,6H,1-2,5,14H2. The Labute approximate surface area is 96.5 Å². The summed E-state index contributed by atoms with van der Waals surface area (Å²) in [7, 11) is 0. The molecule has 0 atom stereocenters. The number of aromatic nitrogens is 2. The van der Waals surface area contributed by atoms with Gasteiger partial charge in [-0.2, -0.15) is 0 Å². The first-order chi connectivity index (χ1) is 8.20. The van der Waals surface area contributed by atoms with Crippen molar-refractivity contribution in [2.24, 2.45) is 5.73 Å². The van der Waals surface area contributed by atoms with Crippen molar-refractivity contribution in [3.8, 4) is 11.5 Å². The second-order valence-corrected chi connectivity index (χ2v) is 3.52. The van der Waals surface area contributed by atoms with E-state index in [0.29, 0.717) is 25.3 Å². The topological polar surface area (TPSA) is 64.9 Å². The highest BCUT2D eigenvalue weighted by Crippen LogP contribution is 2.22. The van der Waals surface area contributed by atoms with Crippen LogP contribution in [0.3, 0.4) is 0 Å². The van der Waals surface area contributed by atoms with Crippen LogP contribution in [0.15, 0.2) is 22.6 Å². The molecule has 90 valence electrons. The van der Waals surface area contributed by atoms with E-state index >= 15 is 0 Å². The summed E-state index contributed by atoms with van der Waals surface area (Å²) in [6.07, 6.45) is 1.23. The highest BCUT2D eigenvalue weighted by molar-refractivity contribution is 5.53. The van der Waals surface area contributed by atoms with Gasteiger partial charge in [-0.05, 0) is 31.2 Å². The Morgan fingerprint density at radius 3 is 2.82 bits per heavy atom. The van der Waals surface area contributed by atoms with Crippen LogP contribution in [0.25, 0.3) is 11.5 Å². The van der Waals surface area contributed by atoms with Gasteiger partial charge < -0.3 is 10.2 Å². The minimum atomic E-state index is -0.597. The first-order valence-corrected chi connectivity index (χ1v) is 5.18. The van der Waals surface area contributed by atoms with Crippen LogP contribution in [-0.2, 0) is 6.42 Å². The van der Waals surface area contributed by atoms with Crippen LogP contribution in [-0.4, -0.2) is 16.7 Å². The van der Waals surface area contributed by atoms with Crippen molar-refractivity contribution in [1.29, 1.82) is 0 Å². The number of aryl methyl sites for hydroxylation is 1. The van der Waals surface area contributed by atoms with Crippen molar-refractivity contribution >= 4 is 0 Å². The quantitative estimate of drug-likeness (QED) is 0.885. The number of nitrogens with two attached hydrogens (primary N) is 1. The SMILES string of the molecule is NCCCc1nnc(-c2cc(F)ccc2F)o1. The fourth-order valence-electron chi connectivity index (χ4n) is 1.38. The summed E-state index contributed by atoms with van der Waals surface area (Å²) in [5.74, 6) is -0.799. The van der Waals surface area contributed by atoms with Crippen LogP contribution < -0.4 is 5.73 Å². The highest BCUT2D eigenvalue weighted by atomic mass is 19.1. The molecule has 0 radical (unpaired) electrons. The summed E-state index contributed by atoms with van der Waals surface area (Å²) in [6, 6.07) is 3.08. The molecule has 4 nitrogen and oxygen atoms in total. The van der Waals surface area contributed by atoms with Crippen LogP contribution in [0, 0.1) is 11.6 Å². The average Bonchev–Trinajstić information content (AvgIpc) is 2.78. The lowest BCUT2D eigenvalue weighted by Gasteiger charge is -1.97. The zero-order valence-corrected chi connectivity index (χ0v) is 8.99. The molecular formula is C11H11F2N3O. The molecule has 0 bridgehead atoms. The van der Waals surface area contributed by atoms with E-state index in [1.54, 1.807) is 0 Å². The number of hydrogen-bond acceptors (Lipinski definition) is 4. The molecule has 2 rings (SSSR count). The number of hydrogen-bond donors (Lipinski definition) is 1. The predicted molar refractivity (Wildman–Crippen MR) is 57.0 cm³/mol. The Kier molecular flexibility index (Phi) is 3.43. The van der Waals surface area contributed by atoms with Gasteiger partial charge in [0.25, 0.3) is 5.89 Å². The predicted octanol–water partition coefficient (Wildman–Crippen LogP) is 1.91. The second-order valence-electron chi connectivity index (χ2n) is 3.52. The van der Waals surface area contributed by atoms with E-state index in [9.17, 15) is 8.78 Å². The first kappa shape index (κ1) is 11.7. The minimum absolute atomic E-state index is 0.0194. The molecule has 0 saturated heterocycles. The van der Waals surface area contributed by atoms with E-state index in [2.05, 4.69) is 10.2 Å². The van der Waals surface area contributed by atoms with Crippen molar-refractivity contribution in [2.75, 3.05) is 6.54 Å². The van der Waals surface area contributed by atoms with E-state index in [-0.39, 0.29) is 11.5 Å². The molecule has 0 aliphatic carbocycles. The van der Waals surface area contributed by atoms with Gasteiger partial charge in [-0.3, -0.25) is 0 Å². The van der Waals surface area contributed by atoms with Gasteiger partial charge in [0.05, 0.1) is 5.56 Å². The third kappa shape index (κ3) is 2.65. The summed E-state index contributed by atoms with van der Waals surface area (Å²) >= 11 is 0. The maximum atomic E-state index is 13.4. The molecule has 0 spiro atoms. The van der Waals surface area contributed by atoms with E-state index in [0.717, 1.165) is 18.2 Å². The first-order valence-electron chi connectivity index (χ1n) is 5.18. The van der Waals surface area contributed by atoms with Gasteiger partial charge >= 0.3 is 0 Å². The molecule has 0 unspecified atom stereocenters. The molecule has 0 aliphatic heterocycles. The van der Waals surface area contributed by atoms with E-state index in [1.807, 2.05) is 0 Å². The Morgan fingerprint density at radius 1 is 1.24 bits per heavy atom. The van der Waals surface area contributed by atoms with E-state index in [1.165, 1.54) is 0 Å². The Balaban J connectivity index is 2.27.